The van der Waals surface area contributed by atoms with Gasteiger partial charge in [-0.15, -0.1) is 0 Å². The fourth-order valence-corrected chi connectivity index (χ4v) is 5.29. The van der Waals surface area contributed by atoms with Crippen molar-refractivity contribution < 1.29 is 37.3 Å². The van der Waals surface area contributed by atoms with Crippen LogP contribution in [0.1, 0.15) is 12.0 Å². The van der Waals surface area contributed by atoms with E-state index in [1.54, 1.807) is 12.1 Å². The standard InChI is InChI=1S/C22H24N2O8S/c1-14-2-4-15(5-3-14)23-21(26)13-32-22(27)18-10-16(25)12-24(18)33(28,29)17-6-7-19-20(11-17)31-9-8-30-19/h2-7,11,16,18,25H,8-10,12-13H2,1H3,(H,23,26)/t16-,18+/m1/s1. The molecule has 0 saturated carbocycles. The zero-order chi connectivity index (χ0) is 23.6. The number of hydrogen-bond acceptors (Lipinski definition) is 8. The van der Waals surface area contributed by atoms with Gasteiger partial charge >= 0.3 is 5.97 Å². The van der Waals surface area contributed by atoms with E-state index in [9.17, 15) is 23.1 Å². The number of sulfonamides is 1. The van der Waals surface area contributed by atoms with Crippen LogP contribution in [0.3, 0.4) is 0 Å². The van der Waals surface area contributed by atoms with Gasteiger partial charge in [-0.1, -0.05) is 17.7 Å². The van der Waals surface area contributed by atoms with Crippen LogP contribution in [0.25, 0.3) is 0 Å². The minimum Gasteiger partial charge on any atom is -0.486 e. The maximum Gasteiger partial charge on any atom is 0.325 e. The number of rotatable bonds is 6. The number of carbonyl (C=O) groups is 2. The summed E-state index contributed by atoms with van der Waals surface area (Å²) in [6.45, 7) is 1.71. The average molecular weight is 477 g/mol. The number of aliphatic hydroxyl groups is 1. The van der Waals surface area contributed by atoms with E-state index in [1.807, 2.05) is 19.1 Å². The maximum atomic E-state index is 13.2. The van der Waals surface area contributed by atoms with Crippen molar-refractivity contribution >= 4 is 27.6 Å². The Morgan fingerprint density at radius 3 is 2.55 bits per heavy atom. The van der Waals surface area contributed by atoms with E-state index in [-0.39, 0.29) is 23.6 Å². The second-order valence-electron chi connectivity index (χ2n) is 7.81. The molecule has 2 aromatic carbocycles. The van der Waals surface area contributed by atoms with Gasteiger partial charge in [-0.3, -0.25) is 9.59 Å². The summed E-state index contributed by atoms with van der Waals surface area (Å²) in [6.07, 6.45) is -1.18. The molecule has 4 rings (SSSR count). The molecule has 0 spiro atoms. The van der Waals surface area contributed by atoms with Crippen molar-refractivity contribution in [1.82, 2.24) is 4.31 Å². The summed E-state index contributed by atoms with van der Waals surface area (Å²) in [6, 6.07) is 9.97. The van der Waals surface area contributed by atoms with Crippen LogP contribution in [0.5, 0.6) is 11.5 Å². The lowest BCUT2D eigenvalue weighted by molar-refractivity contribution is -0.150. The molecule has 2 aliphatic heterocycles. The largest absolute Gasteiger partial charge is 0.486 e. The van der Waals surface area contributed by atoms with Crippen LogP contribution in [-0.4, -0.2) is 68.2 Å². The lowest BCUT2D eigenvalue weighted by Crippen LogP contribution is -2.42. The number of β-amino-alcohol motifs (C(OH)–C–C–N with tert-alkyl or cyclic N) is 1. The van der Waals surface area contributed by atoms with Crippen molar-refractivity contribution in [1.29, 1.82) is 0 Å². The number of benzene rings is 2. The fourth-order valence-electron chi connectivity index (χ4n) is 3.65. The monoisotopic (exact) mass is 476 g/mol. The van der Waals surface area contributed by atoms with Crippen molar-refractivity contribution in [2.75, 3.05) is 31.7 Å². The van der Waals surface area contributed by atoms with Gasteiger partial charge in [0.25, 0.3) is 5.91 Å². The third-order valence-corrected chi connectivity index (χ3v) is 7.18. The second kappa shape index (κ2) is 9.38. The fraction of sp³-hybridized carbons (Fsp3) is 0.364. The normalized spacial score (nSPS) is 20.3. The first-order valence-electron chi connectivity index (χ1n) is 10.4. The second-order valence-corrected chi connectivity index (χ2v) is 9.70. The van der Waals surface area contributed by atoms with Crippen molar-refractivity contribution in [2.24, 2.45) is 0 Å². The van der Waals surface area contributed by atoms with Crippen molar-refractivity contribution in [2.45, 2.75) is 30.4 Å². The van der Waals surface area contributed by atoms with Gasteiger partial charge in [0.2, 0.25) is 10.0 Å². The number of hydrogen-bond donors (Lipinski definition) is 2. The molecule has 1 fully saturated rings. The molecule has 33 heavy (non-hydrogen) atoms. The van der Waals surface area contributed by atoms with Gasteiger partial charge in [0.15, 0.2) is 18.1 Å². The van der Waals surface area contributed by atoms with Gasteiger partial charge in [0.1, 0.15) is 19.3 Å². The van der Waals surface area contributed by atoms with E-state index >= 15 is 0 Å². The maximum absolute atomic E-state index is 13.2. The highest BCUT2D eigenvalue weighted by Gasteiger charge is 2.44. The minimum atomic E-state index is -4.15. The zero-order valence-corrected chi connectivity index (χ0v) is 18.7. The van der Waals surface area contributed by atoms with Gasteiger partial charge in [0, 0.05) is 24.7 Å². The van der Waals surface area contributed by atoms with Gasteiger partial charge in [0.05, 0.1) is 11.0 Å². The molecular weight excluding hydrogens is 452 g/mol. The summed E-state index contributed by atoms with van der Waals surface area (Å²) in [5.41, 5.74) is 1.57. The number of nitrogens with zero attached hydrogens (tertiary/aromatic N) is 1. The molecule has 0 unspecified atom stereocenters. The highest BCUT2D eigenvalue weighted by atomic mass is 32.2. The molecule has 0 radical (unpaired) electrons. The summed E-state index contributed by atoms with van der Waals surface area (Å²) in [4.78, 5) is 24.7. The number of esters is 1. The minimum absolute atomic E-state index is 0.101. The van der Waals surface area contributed by atoms with Gasteiger partial charge in [-0.05, 0) is 31.2 Å². The number of aryl methyl sites for hydroxylation is 1. The van der Waals surface area contributed by atoms with E-state index < -0.39 is 40.7 Å². The van der Waals surface area contributed by atoms with Crippen molar-refractivity contribution in [3.05, 3.63) is 48.0 Å². The Morgan fingerprint density at radius 2 is 1.82 bits per heavy atom. The summed E-state index contributed by atoms with van der Waals surface area (Å²) in [5, 5.41) is 12.7. The third kappa shape index (κ3) is 5.10. The van der Waals surface area contributed by atoms with Crippen LogP contribution in [0.4, 0.5) is 5.69 Å². The molecule has 1 amide bonds. The van der Waals surface area contributed by atoms with Crippen LogP contribution in [0, 0.1) is 6.92 Å². The number of carbonyl (C=O) groups excluding carboxylic acids is 2. The smallest absolute Gasteiger partial charge is 0.325 e. The Balaban J connectivity index is 1.43. The first kappa shape index (κ1) is 23.0. The number of ether oxygens (including phenoxy) is 3. The summed E-state index contributed by atoms with van der Waals surface area (Å²) >= 11 is 0. The average Bonchev–Trinajstić information content (AvgIpc) is 3.21. The molecule has 0 aromatic heterocycles. The highest BCUT2D eigenvalue weighted by molar-refractivity contribution is 7.89. The lowest BCUT2D eigenvalue weighted by atomic mass is 10.2. The molecule has 2 heterocycles. The van der Waals surface area contributed by atoms with E-state index in [0.717, 1.165) is 9.87 Å². The molecule has 2 atom stereocenters. The summed E-state index contributed by atoms with van der Waals surface area (Å²) in [7, 11) is -4.15. The molecule has 11 heteroatoms. The molecule has 2 N–H and O–H groups in total. The number of nitrogens with one attached hydrogen (secondary N) is 1. The van der Waals surface area contributed by atoms with Crippen LogP contribution < -0.4 is 14.8 Å². The SMILES string of the molecule is Cc1ccc(NC(=O)COC(=O)[C@@H]2C[C@@H](O)CN2S(=O)(=O)c2ccc3c(c2)OCCO3)cc1. The molecule has 1 saturated heterocycles. The van der Waals surface area contributed by atoms with E-state index in [4.69, 9.17) is 14.2 Å². The molecule has 10 nitrogen and oxygen atoms in total. The molecular formula is C22H24N2O8S. The van der Waals surface area contributed by atoms with Crippen molar-refractivity contribution in [3.8, 4) is 11.5 Å². The van der Waals surface area contributed by atoms with Crippen LogP contribution in [0.15, 0.2) is 47.4 Å². The van der Waals surface area contributed by atoms with Gasteiger partial charge in [-0.25, -0.2) is 8.42 Å². The molecule has 176 valence electrons. The summed E-state index contributed by atoms with van der Waals surface area (Å²) < 4.78 is 43.3. The quantitative estimate of drug-likeness (QED) is 0.592. The molecule has 0 aliphatic carbocycles. The number of fused-ring (bicyclic) bond motifs is 1. The zero-order valence-electron chi connectivity index (χ0n) is 17.9. The first-order chi connectivity index (χ1) is 15.7. The predicted octanol–water partition coefficient (Wildman–Crippen LogP) is 1.07. The predicted molar refractivity (Wildman–Crippen MR) is 117 cm³/mol. The molecule has 0 bridgehead atoms. The Labute approximate surface area is 191 Å². The third-order valence-electron chi connectivity index (χ3n) is 5.31. The van der Waals surface area contributed by atoms with Crippen molar-refractivity contribution in [3.63, 3.8) is 0 Å². The molecule has 2 aromatic rings. The van der Waals surface area contributed by atoms with E-state index in [1.165, 1.54) is 18.2 Å². The van der Waals surface area contributed by atoms with Crippen LogP contribution in [-0.2, 0) is 24.3 Å². The number of anilines is 1. The number of amides is 1. The first-order valence-corrected chi connectivity index (χ1v) is 11.8. The van der Waals surface area contributed by atoms with Gasteiger partial charge < -0.3 is 24.6 Å². The van der Waals surface area contributed by atoms with E-state index in [0.29, 0.717) is 24.7 Å². The Kier molecular flexibility index (Phi) is 6.54. The van der Waals surface area contributed by atoms with Crippen LogP contribution >= 0.6 is 0 Å². The Bertz CT molecular complexity index is 1150. The topological polar surface area (TPSA) is 131 Å². The number of aliphatic hydroxyl groups excluding tert-OH is 1. The van der Waals surface area contributed by atoms with E-state index in [2.05, 4.69) is 5.32 Å². The van der Waals surface area contributed by atoms with Crippen LogP contribution in [0.2, 0.25) is 0 Å². The Hall–Kier alpha value is -3.15. The Morgan fingerprint density at radius 1 is 1.12 bits per heavy atom. The summed E-state index contributed by atoms with van der Waals surface area (Å²) in [5.74, 6) is -0.759. The lowest BCUT2D eigenvalue weighted by Gasteiger charge is -2.24. The highest BCUT2D eigenvalue weighted by Crippen LogP contribution is 2.35. The van der Waals surface area contributed by atoms with Gasteiger partial charge in [-0.2, -0.15) is 4.31 Å². The molecule has 2 aliphatic rings.